The third-order valence-electron chi connectivity index (χ3n) is 6.83. The van der Waals surface area contributed by atoms with Gasteiger partial charge in [0.2, 0.25) is 0 Å². The maximum Gasteiger partial charge on any atom is 0.433 e. The summed E-state index contributed by atoms with van der Waals surface area (Å²) in [6.45, 7) is 3.05. The lowest BCUT2D eigenvalue weighted by Crippen LogP contribution is -2.40. The molecule has 2 aliphatic rings. The molecule has 1 aromatic rings. The summed E-state index contributed by atoms with van der Waals surface area (Å²) in [4.78, 5) is 26.6. The first-order chi connectivity index (χ1) is 17.0. The molecule has 1 atom stereocenters. The Bertz CT molecular complexity index is 989. The Kier molecular flexibility index (Phi) is 9.43. The van der Waals surface area contributed by atoms with Crippen LogP contribution >= 0.6 is 15.9 Å². The van der Waals surface area contributed by atoms with Crippen LogP contribution in [-0.4, -0.2) is 60.7 Å². The van der Waals surface area contributed by atoms with Crippen molar-refractivity contribution in [3.05, 3.63) is 46.8 Å². The van der Waals surface area contributed by atoms with Gasteiger partial charge in [-0.1, -0.05) is 28.1 Å². The van der Waals surface area contributed by atoms with Crippen LogP contribution in [-0.2, 0) is 9.53 Å². The van der Waals surface area contributed by atoms with Crippen molar-refractivity contribution in [3.8, 4) is 0 Å². The van der Waals surface area contributed by atoms with Gasteiger partial charge in [0.15, 0.2) is 5.71 Å². The average Bonchev–Trinajstić information content (AvgIpc) is 3.31. The van der Waals surface area contributed by atoms with Gasteiger partial charge >= 0.3 is 12.1 Å². The molecule has 3 N–H and O–H groups in total. The van der Waals surface area contributed by atoms with Gasteiger partial charge in [-0.25, -0.2) is 4.79 Å². The van der Waals surface area contributed by atoms with Crippen LogP contribution in [0.2, 0.25) is 0 Å². The van der Waals surface area contributed by atoms with Crippen LogP contribution in [0, 0.1) is 17.2 Å². The van der Waals surface area contributed by atoms with E-state index >= 15 is 0 Å². The van der Waals surface area contributed by atoms with Crippen molar-refractivity contribution in [2.75, 3.05) is 32.1 Å². The molecule has 7 nitrogen and oxygen atoms in total. The number of methoxy groups -OCH3 is 1. The number of ether oxygens (including phenoxy) is 1. The number of carbonyl (C=O) groups excluding carboxylic acids is 2. The fraction of sp³-hybridized carbons (Fsp3) is 0.560. The Hall–Kier alpha value is -2.56. The van der Waals surface area contributed by atoms with Crippen LogP contribution in [0.25, 0.3) is 0 Å². The lowest BCUT2D eigenvalue weighted by atomic mass is 9.83. The normalized spacial score (nSPS) is 22.4. The standard InChI is InChI=1S/C25H32BrF3N4O3/c1-15(18-7-9-19(10-8-18)24(35)36-2)32-23(34)20(21(30)25(27,28)29)22-31-11-12-33(22)14-17-5-3-16(13-26)4-6-17/h7-10,15-17,30-31H,3-6,11-14H2,1-2H3,(H,32,34)/b22-20-,30-21?/t15-,16?,17?/m0/s1. The van der Waals surface area contributed by atoms with Gasteiger partial charge in [0.25, 0.3) is 5.91 Å². The predicted octanol–water partition coefficient (Wildman–Crippen LogP) is 4.55. The maximum absolute atomic E-state index is 13.7. The van der Waals surface area contributed by atoms with Crippen LogP contribution in [0.5, 0.6) is 0 Å². The van der Waals surface area contributed by atoms with Crippen molar-refractivity contribution in [1.29, 1.82) is 5.41 Å². The van der Waals surface area contributed by atoms with Crippen molar-refractivity contribution in [2.45, 2.75) is 44.8 Å². The van der Waals surface area contributed by atoms with E-state index in [2.05, 4.69) is 31.3 Å². The van der Waals surface area contributed by atoms with E-state index in [0.717, 1.165) is 31.0 Å². The number of alkyl halides is 4. The topological polar surface area (TPSA) is 94.5 Å². The third-order valence-corrected chi connectivity index (χ3v) is 7.75. The van der Waals surface area contributed by atoms with Crippen LogP contribution in [0.15, 0.2) is 35.7 Å². The lowest BCUT2D eigenvalue weighted by molar-refractivity contribution is -0.118. The molecule has 198 valence electrons. The zero-order chi connectivity index (χ0) is 26.5. The number of carbonyl (C=O) groups is 2. The number of nitrogens with zero attached hydrogens (tertiary/aromatic N) is 1. The second-order valence-electron chi connectivity index (χ2n) is 9.32. The molecule has 36 heavy (non-hydrogen) atoms. The van der Waals surface area contributed by atoms with E-state index in [1.54, 1.807) is 24.0 Å². The molecule has 1 amide bonds. The minimum Gasteiger partial charge on any atom is -0.465 e. The quantitative estimate of drug-likeness (QED) is 0.184. The highest BCUT2D eigenvalue weighted by Crippen LogP contribution is 2.32. The molecule has 1 aliphatic carbocycles. The monoisotopic (exact) mass is 572 g/mol. The Morgan fingerprint density at radius 3 is 2.36 bits per heavy atom. The molecular weight excluding hydrogens is 541 g/mol. The van der Waals surface area contributed by atoms with E-state index in [0.29, 0.717) is 42.6 Å². The highest BCUT2D eigenvalue weighted by atomic mass is 79.9. The van der Waals surface area contributed by atoms with Crippen molar-refractivity contribution >= 4 is 33.5 Å². The molecule has 2 fully saturated rings. The SMILES string of the molecule is COC(=O)c1ccc([C@H](C)NC(=O)/C(C(=N)C(F)(F)F)=C2/NCCN2CC2CCC(CBr)CC2)cc1. The number of hydrogen-bond acceptors (Lipinski definition) is 6. The van der Waals surface area contributed by atoms with E-state index in [-0.39, 0.29) is 5.82 Å². The van der Waals surface area contributed by atoms with Crippen molar-refractivity contribution < 1.29 is 27.5 Å². The number of amides is 1. The van der Waals surface area contributed by atoms with Crippen molar-refractivity contribution in [3.63, 3.8) is 0 Å². The summed E-state index contributed by atoms with van der Waals surface area (Å²) >= 11 is 3.52. The summed E-state index contributed by atoms with van der Waals surface area (Å²) in [6, 6.07) is 5.58. The maximum atomic E-state index is 13.7. The molecule has 0 unspecified atom stereocenters. The van der Waals surface area contributed by atoms with E-state index in [9.17, 15) is 22.8 Å². The lowest BCUT2D eigenvalue weighted by Gasteiger charge is -2.32. The largest absolute Gasteiger partial charge is 0.465 e. The number of benzene rings is 1. The molecule has 11 heteroatoms. The van der Waals surface area contributed by atoms with Gasteiger partial charge in [0.1, 0.15) is 11.4 Å². The second kappa shape index (κ2) is 12.1. The highest BCUT2D eigenvalue weighted by molar-refractivity contribution is 9.09. The number of hydrogen-bond donors (Lipinski definition) is 3. The minimum atomic E-state index is -4.98. The summed E-state index contributed by atoms with van der Waals surface area (Å²) < 4.78 is 45.6. The fourth-order valence-electron chi connectivity index (χ4n) is 4.70. The number of esters is 1. The predicted molar refractivity (Wildman–Crippen MR) is 134 cm³/mol. The first kappa shape index (κ1) is 28.0. The minimum absolute atomic E-state index is 0.0608. The summed E-state index contributed by atoms with van der Waals surface area (Å²) in [5, 5.41) is 14.3. The molecule has 1 saturated heterocycles. The van der Waals surface area contributed by atoms with Crippen LogP contribution in [0.4, 0.5) is 13.2 Å². The molecule has 1 heterocycles. The van der Waals surface area contributed by atoms with Crippen LogP contribution in [0.1, 0.15) is 54.6 Å². The Morgan fingerprint density at radius 1 is 1.19 bits per heavy atom. The molecule has 1 aromatic carbocycles. The second-order valence-corrected chi connectivity index (χ2v) is 9.97. The number of nitrogens with one attached hydrogen (secondary N) is 3. The van der Waals surface area contributed by atoms with E-state index < -0.39 is 35.4 Å². The zero-order valence-corrected chi connectivity index (χ0v) is 22.0. The zero-order valence-electron chi connectivity index (χ0n) is 20.4. The molecule has 1 aliphatic heterocycles. The summed E-state index contributed by atoms with van der Waals surface area (Å²) in [5.74, 6) is -0.482. The molecule has 0 spiro atoms. The van der Waals surface area contributed by atoms with Crippen LogP contribution in [0.3, 0.4) is 0 Å². The van der Waals surface area contributed by atoms with E-state index in [1.165, 1.54) is 19.2 Å². The molecule has 1 saturated carbocycles. The highest BCUT2D eigenvalue weighted by Gasteiger charge is 2.42. The van der Waals surface area contributed by atoms with Gasteiger partial charge in [0.05, 0.1) is 18.7 Å². The Balaban J connectivity index is 1.81. The van der Waals surface area contributed by atoms with Gasteiger partial charge in [-0.15, -0.1) is 0 Å². The third kappa shape index (κ3) is 6.80. The molecule has 0 radical (unpaired) electrons. The number of halogens is 4. The van der Waals surface area contributed by atoms with Crippen LogP contribution < -0.4 is 10.6 Å². The Morgan fingerprint density at radius 2 is 1.81 bits per heavy atom. The van der Waals surface area contributed by atoms with Gasteiger partial charge in [0, 0.05) is 25.0 Å². The van der Waals surface area contributed by atoms with Gasteiger partial charge in [-0.05, 0) is 62.1 Å². The first-order valence-corrected chi connectivity index (χ1v) is 13.1. The number of rotatable bonds is 8. The van der Waals surface area contributed by atoms with Gasteiger partial charge in [-0.2, -0.15) is 13.2 Å². The summed E-state index contributed by atoms with van der Waals surface area (Å²) in [6.07, 6.45) is -0.884. The smallest absolute Gasteiger partial charge is 0.433 e. The molecule has 0 aromatic heterocycles. The first-order valence-electron chi connectivity index (χ1n) is 12.0. The summed E-state index contributed by atoms with van der Waals surface area (Å²) in [5.41, 5.74) is -1.46. The fourth-order valence-corrected chi connectivity index (χ4v) is 5.35. The summed E-state index contributed by atoms with van der Waals surface area (Å²) in [7, 11) is 1.26. The van der Waals surface area contributed by atoms with E-state index in [4.69, 9.17) is 5.41 Å². The van der Waals surface area contributed by atoms with Gasteiger partial charge in [-0.3, -0.25) is 10.2 Å². The molecule has 0 bridgehead atoms. The van der Waals surface area contributed by atoms with Crippen molar-refractivity contribution in [1.82, 2.24) is 15.5 Å². The molecular formula is C25H32BrF3N4O3. The van der Waals surface area contributed by atoms with Gasteiger partial charge < -0.3 is 20.3 Å². The molecule has 3 rings (SSSR count). The average molecular weight is 573 g/mol. The Labute approximate surface area is 217 Å². The van der Waals surface area contributed by atoms with E-state index in [1.807, 2.05) is 0 Å². The van der Waals surface area contributed by atoms with Crippen molar-refractivity contribution in [2.24, 2.45) is 11.8 Å².